The molecule has 11 heteroatoms. The minimum absolute atomic E-state index is 0.106. The largest absolute Gasteiger partial charge is 0.480 e. The number of hydrogen-bond donors (Lipinski definition) is 5. The van der Waals surface area contributed by atoms with Crippen molar-refractivity contribution in [1.82, 2.24) is 15.6 Å². The highest BCUT2D eigenvalue weighted by Gasteiger charge is 2.24. The standard InChI is InChI=1S/C22H26N6O5/c23-25-14-24-18-3-1-2-16(13-18)20(29)26-17-6-4-15(5-7-17)12-19(21(30)31)27-22(32)28-8-10-33-11-9-28/h1-7,13-14,19H,8-12,23H2,(H,24,25)(H,26,29)(H,27,32)(H,30,31)/t19-/m0/s1. The first-order chi connectivity index (χ1) is 16.0. The van der Waals surface area contributed by atoms with Crippen LogP contribution in [-0.4, -0.2) is 66.6 Å². The number of hydrogen-bond acceptors (Lipinski definition) is 6. The van der Waals surface area contributed by atoms with Gasteiger partial charge in [-0.2, -0.15) is 0 Å². The number of nitrogens with zero attached hydrogens (tertiary/aromatic N) is 2. The Labute approximate surface area is 190 Å². The minimum Gasteiger partial charge on any atom is -0.480 e. The predicted molar refractivity (Wildman–Crippen MR) is 122 cm³/mol. The van der Waals surface area contributed by atoms with E-state index in [4.69, 9.17) is 10.6 Å². The van der Waals surface area contributed by atoms with Gasteiger partial charge in [-0.1, -0.05) is 18.2 Å². The van der Waals surface area contributed by atoms with Crippen molar-refractivity contribution in [3.63, 3.8) is 0 Å². The Bertz CT molecular complexity index is 1000. The Kier molecular flexibility index (Phi) is 8.33. The van der Waals surface area contributed by atoms with Crippen molar-refractivity contribution >= 4 is 35.6 Å². The molecule has 174 valence electrons. The number of benzene rings is 2. The number of carboxylic acid groups (broad SMARTS) is 1. The van der Waals surface area contributed by atoms with Crippen molar-refractivity contribution in [2.75, 3.05) is 31.6 Å². The van der Waals surface area contributed by atoms with Crippen molar-refractivity contribution in [3.05, 3.63) is 59.7 Å². The first-order valence-electron chi connectivity index (χ1n) is 10.3. The predicted octanol–water partition coefficient (Wildman–Crippen LogP) is 1.10. The van der Waals surface area contributed by atoms with E-state index in [1.807, 2.05) is 0 Å². The summed E-state index contributed by atoms with van der Waals surface area (Å²) in [5.41, 5.74) is 4.53. The molecule has 33 heavy (non-hydrogen) atoms. The number of amides is 3. The van der Waals surface area contributed by atoms with Crippen molar-refractivity contribution < 1.29 is 24.2 Å². The molecular formula is C22H26N6O5. The molecule has 3 rings (SSSR count). The van der Waals surface area contributed by atoms with E-state index in [0.717, 1.165) is 0 Å². The number of carbonyl (C=O) groups excluding carboxylic acids is 2. The minimum atomic E-state index is -1.12. The second kappa shape index (κ2) is 11.6. The number of morpholine rings is 1. The molecule has 1 aliphatic rings. The summed E-state index contributed by atoms with van der Waals surface area (Å²) in [7, 11) is 0. The van der Waals surface area contributed by atoms with E-state index in [1.54, 1.807) is 48.5 Å². The van der Waals surface area contributed by atoms with Gasteiger partial charge in [0.05, 0.1) is 18.9 Å². The molecule has 0 bridgehead atoms. The third-order valence-electron chi connectivity index (χ3n) is 4.94. The second-order valence-electron chi connectivity index (χ2n) is 7.27. The number of ether oxygens (including phenoxy) is 1. The average Bonchev–Trinajstić information content (AvgIpc) is 2.84. The number of aliphatic imine (C=N–C) groups is 1. The first kappa shape index (κ1) is 23.7. The van der Waals surface area contributed by atoms with Crippen LogP contribution in [0.2, 0.25) is 0 Å². The van der Waals surface area contributed by atoms with Gasteiger partial charge in [-0.15, -0.1) is 0 Å². The summed E-state index contributed by atoms with van der Waals surface area (Å²) in [5, 5.41) is 14.9. The van der Waals surface area contributed by atoms with Crippen LogP contribution in [0.15, 0.2) is 53.5 Å². The van der Waals surface area contributed by atoms with Crippen molar-refractivity contribution in [2.45, 2.75) is 12.5 Å². The summed E-state index contributed by atoms with van der Waals surface area (Å²) >= 11 is 0. The molecule has 6 N–H and O–H groups in total. The van der Waals surface area contributed by atoms with Crippen LogP contribution < -0.4 is 21.9 Å². The van der Waals surface area contributed by atoms with Gasteiger partial charge in [0.2, 0.25) is 0 Å². The zero-order valence-corrected chi connectivity index (χ0v) is 17.9. The van der Waals surface area contributed by atoms with Crippen LogP contribution in [-0.2, 0) is 16.0 Å². The maximum Gasteiger partial charge on any atom is 0.326 e. The molecule has 0 aromatic heterocycles. The number of aliphatic carboxylic acids is 1. The lowest BCUT2D eigenvalue weighted by Crippen LogP contribution is -2.51. The van der Waals surface area contributed by atoms with E-state index in [1.165, 1.54) is 11.2 Å². The normalized spacial score (nSPS) is 14.5. The van der Waals surface area contributed by atoms with E-state index in [9.17, 15) is 19.5 Å². The van der Waals surface area contributed by atoms with Crippen molar-refractivity contribution in [1.29, 1.82) is 0 Å². The molecule has 0 unspecified atom stereocenters. The Morgan fingerprint density at radius 1 is 1.15 bits per heavy atom. The zero-order chi connectivity index (χ0) is 23.6. The van der Waals surface area contributed by atoms with Crippen LogP contribution in [0.4, 0.5) is 16.2 Å². The molecule has 1 aliphatic heterocycles. The van der Waals surface area contributed by atoms with Crippen molar-refractivity contribution in [2.24, 2.45) is 10.8 Å². The molecular weight excluding hydrogens is 428 g/mol. The van der Waals surface area contributed by atoms with E-state index in [-0.39, 0.29) is 12.3 Å². The SMILES string of the molecule is NNC=Nc1cccc(C(=O)Nc2ccc(C[C@H](NC(=O)N3CCOCC3)C(=O)O)cc2)c1. The molecule has 0 aliphatic carbocycles. The van der Waals surface area contributed by atoms with Gasteiger partial charge in [-0.25, -0.2) is 20.4 Å². The number of urea groups is 1. The Hall–Kier alpha value is -3.96. The van der Waals surface area contributed by atoms with Crippen LogP contribution in [0.25, 0.3) is 0 Å². The lowest BCUT2D eigenvalue weighted by molar-refractivity contribution is -0.139. The molecule has 2 aromatic rings. The van der Waals surface area contributed by atoms with Gasteiger partial charge in [0.25, 0.3) is 5.91 Å². The molecule has 0 saturated carbocycles. The topological polar surface area (TPSA) is 158 Å². The van der Waals surface area contributed by atoms with Gasteiger partial charge in [0, 0.05) is 30.8 Å². The molecule has 1 fully saturated rings. The summed E-state index contributed by atoms with van der Waals surface area (Å²) in [4.78, 5) is 42.1. The third-order valence-corrected chi connectivity index (χ3v) is 4.94. The highest BCUT2D eigenvalue weighted by Crippen LogP contribution is 2.17. The Morgan fingerprint density at radius 3 is 2.55 bits per heavy atom. The number of hydrazine groups is 1. The lowest BCUT2D eigenvalue weighted by Gasteiger charge is -2.28. The number of anilines is 1. The number of carbonyl (C=O) groups is 3. The van der Waals surface area contributed by atoms with Gasteiger partial charge in [-0.3, -0.25) is 4.79 Å². The van der Waals surface area contributed by atoms with Crippen LogP contribution in [0.3, 0.4) is 0 Å². The first-order valence-corrected chi connectivity index (χ1v) is 10.3. The van der Waals surface area contributed by atoms with Crippen LogP contribution in [0.5, 0.6) is 0 Å². The zero-order valence-electron chi connectivity index (χ0n) is 17.9. The molecule has 1 saturated heterocycles. The summed E-state index contributed by atoms with van der Waals surface area (Å²) in [6, 6.07) is 12.0. The maximum atomic E-state index is 12.5. The number of rotatable bonds is 8. The number of carboxylic acids is 1. The van der Waals surface area contributed by atoms with Crippen LogP contribution in [0, 0.1) is 0 Å². The van der Waals surface area contributed by atoms with E-state index < -0.39 is 18.0 Å². The maximum absolute atomic E-state index is 12.5. The molecule has 1 heterocycles. The fraction of sp³-hybridized carbons (Fsp3) is 0.273. The Balaban J connectivity index is 1.59. The molecule has 3 amide bonds. The summed E-state index contributed by atoms with van der Waals surface area (Å²) in [6.07, 6.45) is 1.42. The van der Waals surface area contributed by atoms with Gasteiger partial charge in [0.15, 0.2) is 0 Å². The molecule has 0 radical (unpaired) electrons. The van der Waals surface area contributed by atoms with E-state index in [2.05, 4.69) is 21.1 Å². The Morgan fingerprint density at radius 2 is 1.88 bits per heavy atom. The molecule has 2 aromatic carbocycles. The van der Waals surface area contributed by atoms with Crippen molar-refractivity contribution in [3.8, 4) is 0 Å². The van der Waals surface area contributed by atoms with Crippen LogP contribution >= 0.6 is 0 Å². The second-order valence-corrected chi connectivity index (χ2v) is 7.27. The molecule has 0 spiro atoms. The highest BCUT2D eigenvalue weighted by atomic mass is 16.5. The summed E-state index contributed by atoms with van der Waals surface area (Å²) in [6.45, 7) is 1.71. The van der Waals surface area contributed by atoms with E-state index in [0.29, 0.717) is 48.8 Å². The number of nitrogens with one attached hydrogen (secondary N) is 3. The third kappa shape index (κ3) is 7.02. The molecule has 1 atom stereocenters. The summed E-state index contributed by atoms with van der Waals surface area (Å²) < 4.78 is 5.21. The van der Waals surface area contributed by atoms with Gasteiger partial charge in [-0.05, 0) is 35.9 Å². The highest BCUT2D eigenvalue weighted by molar-refractivity contribution is 6.04. The fourth-order valence-electron chi connectivity index (χ4n) is 3.21. The smallest absolute Gasteiger partial charge is 0.326 e. The van der Waals surface area contributed by atoms with Gasteiger partial charge < -0.3 is 30.8 Å². The van der Waals surface area contributed by atoms with Gasteiger partial charge in [0.1, 0.15) is 12.4 Å². The lowest BCUT2D eigenvalue weighted by atomic mass is 10.1. The average molecular weight is 454 g/mol. The number of nitrogens with two attached hydrogens (primary N) is 1. The monoisotopic (exact) mass is 454 g/mol. The quantitative estimate of drug-likeness (QED) is 0.173. The van der Waals surface area contributed by atoms with Gasteiger partial charge >= 0.3 is 12.0 Å². The summed E-state index contributed by atoms with van der Waals surface area (Å²) in [5.74, 6) is 3.71. The van der Waals surface area contributed by atoms with Crippen LogP contribution in [0.1, 0.15) is 15.9 Å². The van der Waals surface area contributed by atoms with E-state index >= 15 is 0 Å². The molecule has 11 nitrogen and oxygen atoms in total. The fourth-order valence-corrected chi connectivity index (χ4v) is 3.21.